The third-order valence-electron chi connectivity index (χ3n) is 4.47. The average molecular weight is 458 g/mol. The maximum Gasteiger partial charge on any atom is 0.251 e. The zero-order valence-electron chi connectivity index (χ0n) is 15.5. The number of nitrogens with one attached hydrogen (secondary N) is 1. The van der Waals surface area contributed by atoms with Crippen molar-refractivity contribution in [2.75, 3.05) is 0 Å². The molecule has 0 atom stereocenters. The molecule has 1 aliphatic heterocycles. The van der Waals surface area contributed by atoms with E-state index in [4.69, 9.17) is 16.7 Å². The summed E-state index contributed by atoms with van der Waals surface area (Å²) < 4.78 is 22.6. The van der Waals surface area contributed by atoms with E-state index in [0.717, 1.165) is 20.9 Å². The minimum atomic E-state index is -3.74. The van der Waals surface area contributed by atoms with Crippen molar-refractivity contribution in [1.82, 2.24) is 5.32 Å². The number of nitrogens with zero attached hydrogens (tertiary/aromatic N) is 1. The Morgan fingerprint density at radius 1 is 1.03 bits per heavy atom. The van der Waals surface area contributed by atoms with Crippen LogP contribution in [-0.2, 0) is 16.6 Å². The van der Waals surface area contributed by atoms with Crippen LogP contribution < -0.4 is 10.5 Å². The monoisotopic (exact) mass is 457 g/mol. The summed E-state index contributed by atoms with van der Waals surface area (Å²) in [7, 11) is -3.74. The summed E-state index contributed by atoms with van der Waals surface area (Å²) in [6.07, 6.45) is 0. The summed E-state index contributed by atoms with van der Waals surface area (Å²) in [6.45, 7) is 0.241. The zero-order valence-corrected chi connectivity index (χ0v) is 17.9. The number of primary sulfonamides is 1. The number of halogens is 1. The molecular weight excluding hydrogens is 442 g/mol. The number of carbonyl (C=O) groups excluding carboxylic acids is 1. The molecule has 1 heterocycles. The van der Waals surface area contributed by atoms with Gasteiger partial charge in [0.1, 0.15) is 5.17 Å². The molecule has 4 rings (SSSR count). The molecule has 3 aromatic carbocycles. The molecule has 1 amide bonds. The molecule has 30 heavy (non-hydrogen) atoms. The number of carbonyl (C=O) groups is 1. The van der Waals surface area contributed by atoms with E-state index in [9.17, 15) is 13.2 Å². The quantitative estimate of drug-likeness (QED) is 0.617. The Hall–Kier alpha value is -2.65. The lowest BCUT2D eigenvalue weighted by atomic mass is 10.1. The van der Waals surface area contributed by atoms with Crippen molar-refractivity contribution in [3.05, 3.63) is 83.4 Å². The Bertz CT molecular complexity index is 1270. The second kappa shape index (κ2) is 8.23. The summed E-state index contributed by atoms with van der Waals surface area (Å²) in [5.74, 6) is -0.272. The van der Waals surface area contributed by atoms with Crippen molar-refractivity contribution >= 4 is 50.2 Å². The SMILES string of the molecule is NS(=O)(=O)c1ccc(CNC(=O)c2ccc3c(c2)N=C(Cl)c2ccccc2S3)cc1. The van der Waals surface area contributed by atoms with E-state index in [1.165, 1.54) is 12.1 Å². The molecule has 0 unspecified atom stereocenters. The number of hydrogen-bond acceptors (Lipinski definition) is 5. The first-order chi connectivity index (χ1) is 14.3. The summed E-state index contributed by atoms with van der Waals surface area (Å²) in [4.78, 5) is 19.0. The third kappa shape index (κ3) is 4.41. The van der Waals surface area contributed by atoms with Gasteiger partial charge in [-0.3, -0.25) is 4.79 Å². The minimum absolute atomic E-state index is 0.0246. The van der Waals surface area contributed by atoms with Crippen LogP contribution >= 0.6 is 23.4 Å². The van der Waals surface area contributed by atoms with Crippen molar-refractivity contribution < 1.29 is 13.2 Å². The van der Waals surface area contributed by atoms with E-state index < -0.39 is 10.0 Å². The lowest BCUT2D eigenvalue weighted by Crippen LogP contribution is -2.22. The Labute approximate surface area is 183 Å². The Kier molecular flexibility index (Phi) is 5.66. The van der Waals surface area contributed by atoms with Gasteiger partial charge in [-0.1, -0.05) is 53.7 Å². The van der Waals surface area contributed by atoms with Gasteiger partial charge in [0.05, 0.1) is 10.6 Å². The molecule has 3 aromatic rings. The highest BCUT2D eigenvalue weighted by Gasteiger charge is 2.17. The Balaban J connectivity index is 1.51. The number of amides is 1. The molecule has 152 valence electrons. The van der Waals surface area contributed by atoms with Gasteiger partial charge in [-0.15, -0.1) is 0 Å². The van der Waals surface area contributed by atoms with E-state index in [0.29, 0.717) is 16.4 Å². The highest BCUT2D eigenvalue weighted by Crippen LogP contribution is 2.41. The van der Waals surface area contributed by atoms with Crippen LogP contribution in [0.3, 0.4) is 0 Å². The maximum absolute atomic E-state index is 12.6. The first-order valence-corrected chi connectivity index (χ1v) is 11.6. The number of fused-ring (bicyclic) bond motifs is 2. The van der Waals surface area contributed by atoms with E-state index in [1.54, 1.807) is 36.0 Å². The molecule has 6 nitrogen and oxygen atoms in total. The lowest BCUT2D eigenvalue weighted by molar-refractivity contribution is 0.0951. The molecular formula is C21H16ClN3O3S2. The summed E-state index contributed by atoms with van der Waals surface area (Å²) in [6, 6.07) is 19.1. The first-order valence-electron chi connectivity index (χ1n) is 8.87. The van der Waals surface area contributed by atoms with E-state index in [2.05, 4.69) is 10.3 Å². The van der Waals surface area contributed by atoms with Crippen LogP contribution in [-0.4, -0.2) is 19.5 Å². The summed E-state index contributed by atoms with van der Waals surface area (Å²) in [5, 5.41) is 8.29. The van der Waals surface area contributed by atoms with Gasteiger partial charge < -0.3 is 5.32 Å². The van der Waals surface area contributed by atoms with Gasteiger partial charge in [-0.2, -0.15) is 0 Å². The maximum atomic E-state index is 12.6. The normalized spacial score (nSPS) is 12.9. The summed E-state index contributed by atoms with van der Waals surface area (Å²) >= 11 is 7.93. The molecule has 0 aromatic heterocycles. The summed E-state index contributed by atoms with van der Waals surface area (Å²) in [5.41, 5.74) is 2.69. The molecule has 0 bridgehead atoms. The predicted octanol–water partition coefficient (Wildman–Crippen LogP) is 4.05. The van der Waals surface area contributed by atoms with Crippen LogP contribution in [0, 0.1) is 0 Å². The van der Waals surface area contributed by atoms with Gasteiger partial charge >= 0.3 is 0 Å². The molecule has 9 heteroatoms. The average Bonchev–Trinajstić information content (AvgIpc) is 2.87. The minimum Gasteiger partial charge on any atom is -0.348 e. The molecule has 0 saturated carbocycles. The second-order valence-electron chi connectivity index (χ2n) is 6.55. The number of benzene rings is 3. The molecule has 0 fully saturated rings. The Morgan fingerprint density at radius 3 is 2.50 bits per heavy atom. The van der Waals surface area contributed by atoms with Crippen molar-refractivity contribution in [3.63, 3.8) is 0 Å². The Morgan fingerprint density at radius 2 is 1.77 bits per heavy atom. The zero-order chi connectivity index (χ0) is 21.3. The van der Waals surface area contributed by atoms with Crippen LogP contribution in [0.15, 0.2) is 86.4 Å². The number of nitrogens with two attached hydrogens (primary N) is 1. The highest BCUT2D eigenvalue weighted by atomic mass is 35.5. The van der Waals surface area contributed by atoms with E-state index in [-0.39, 0.29) is 17.3 Å². The predicted molar refractivity (Wildman–Crippen MR) is 118 cm³/mol. The number of aliphatic imine (C=N–C) groups is 1. The van der Waals surface area contributed by atoms with Gasteiger partial charge in [0.25, 0.3) is 5.91 Å². The van der Waals surface area contributed by atoms with E-state index >= 15 is 0 Å². The largest absolute Gasteiger partial charge is 0.348 e. The molecule has 0 radical (unpaired) electrons. The standard InChI is InChI=1S/C21H16ClN3O3S2/c22-20-16-3-1-2-4-18(16)29-19-10-7-14(11-17(19)25-20)21(26)24-12-13-5-8-15(9-6-13)30(23,27)28/h1-11H,12H2,(H,24,26)(H2,23,27,28). The number of rotatable bonds is 4. The first kappa shape index (κ1) is 20.6. The molecule has 0 aliphatic carbocycles. The molecule has 1 aliphatic rings. The molecule has 0 saturated heterocycles. The second-order valence-corrected chi connectivity index (χ2v) is 9.56. The smallest absolute Gasteiger partial charge is 0.251 e. The molecule has 3 N–H and O–H groups in total. The van der Waals surface area contributed by atoms with E-state index in [1.807, 2.05) is 30.3 Å². The van der Waals surface area contributed by atoms with Crippen LogP contribution in [0.1, 0.15) is 21.5 Å². The topological polar surface area (TPSA) is 102 Å². The fourth-order valence-corrected chi connectivity index (χ4v) is 4.75. The highest BCUT2D eigenvalue weighted by molar-refractivity contribution is 7.99. The van der Waals surface area contributed by atoms with Crippen molar-refractivity contribution in [1.29, 1.82) is 0 Å². The van der Waals surface area contributed by atoms with Gasteiger partial charge in [0.15, 0.2) is 0 Å². The van der Waals surface area contributed by atoms with Crippen LogP contribution in [0.2, 0.25) is 0 Å². The van der Waals surface area contributed by atoms with Crippen LogP contribution in [0.5, 0.6) is 0 Å². The van der Waals surface area contributed by atoms with Crippen molar-refractivity contribution in [3.8, 4) is 0 Å². The van der Waals surface area contributed by atoms with Crippen LogP contribution in [0.4, 0.5) is 5.69 Å². The number of hydrogen-bond donors (Lipinski definition) is 2. The van der Waals surface area contributed by atoms with Crippen molar-refractivity contribution in [2.45, 2.75) is 21.2 Å². The third-order valence-corrected chi connectivity index (χ3v) is 6.83. The lowest BCUT2D eigenvalue weighted by Gasteiger charge is -2.09. The van der Waals surface area contributed by atoms with Gasteiger partial charge in [0.2, 0.25) is 10.0 Å². The fraction of sp³-hybridized carbons (Fsp3) is 0.0476. The van der Waals surface area contributed by atoms with Crippen LogP contribution in [0.25, 0.3) is 0 Å². The van der Waals surface area contributed by atoms with Crippen molar-refractivity contribution in [2.24, 2.45) is 10.1 Å². The fourth-order valence-electron chi connectivity index (χ4n) is 2.92. The van der Waals surface area contributed by atoms with Gasteiger partial charge in [-0.25, -0.2) is 18.5 Å². The molecule has 0 spiro atoms. The van der Waals surface area contributed by atoms with Gasteiger partial charge in [-0.05, 0) is 42.0 Å². The number of sulfonamides is 1. The van der Waals surface area contributed by atoms with Gasteiger partial charge in [0, 0.05) is 27.5 Å².